The summed E-state index contributed by atoms with van der Waals surface area (Å²) in [5.41, 5.74) is 0. The monoisotopic (exact) mass is 689 g/mol. The fourth-order valence-corrected chi connectivity index (χ4v) is 0. The Morgan fingerprint density at radius 3 is 0.535 bits per heavy atom. The van der Waals surface area contributed by atoms with E-state index in [0.29, 0.717) is 0 Å². The number of carbonyl (C=O) groups excluding carboxylic acids is 9. The first-order valence-corrected chi connectivity index (χ1v) is 3.98. The van der Waals surface area contributed by atoms with Gasteiger partial charge in [0.2, 0.25) is 0 Å². The molecule has 0 aromatic heterocycles. The third-order valence-corrected chi connectivity index (χ3v) is 0.122. The van der Waals surface area contributed by atoms with E-state index in [9.17, 15) is 0 Å². The molecule has 0 rings (SSSR count). The first kappa shape index (κ1) is 266. The number of carboxylic acid groups (broad SMARTS) is 1. The van der Waals surface area contributed by atoms with Gasteiger partial charge in [-0.2, -0.15) is 28.8 Å². The zero-order valence-corrected chi connectivity index (χ0v) is 14.5. The van der Waals surface area contributed by atoms with Crippen LogP contribution >= 0.6 is 0 Å². The lowest BCUT2D eigenvalue weighted by molar-refractivity contribution is -0.652. The van der Waals surface area contributed by atoms with Gasteiger partial charge in [-0.25, -0.2) is 5.26 Å². The average Bonchev–Trinajstić information content (AvgIpc) is 2.73. The first-order chi connectivity index (χ1) is 13.4. The molecule has 43 heavy (non-hydrogen) atoms. The molecule has 0 radical (unpaired) electrons. The summed E-state index contributed by atoms with van der Waals surface area (Å²) in [6, 6.07) is 0. The predicted octanol–water partition coefficient (Wildman–Crippen LogP) is 0.0139. The molecule has 0 aliphatic rings. The molecular formula is C18H73O25+9. The molecule has 0 spiro atoms. The van der Waals surface area contributed by atoms with E-state index in [1.807, 2.05) is 0 Å². The lowest BCUT2D eigenvalue weighted by Gasteiger charge is -1.88. The molecule has 0 atom stereocenters. The van der Waals surface area contributed by atoms with Gasteiger partial charge in [0.25, 0.3) is 19.4 Å². The van der Waals surface area contributed by atoms with Crippen molar-refractivity contribution in [2.75, 3.05) is 0 Å². The second kappa shape index (κ2) is 1960. The van der Waals surface area contributed by atoms with Crippen LogP contribution in [0.1, 0.15) is 100 Å². The minimum absolute atomic E-state index is 0. The van der Waals surface area contributed by atoms with Crippen LogP contribution in [0.25, 0.3) is 0 Å². The standard InChI is InChI=1S/3CH2O3.CH2O2.3CO2.11CH4.2O2.4H2O.2H2/c3*2-1-4-3;4*2-1-3;;;;;;;;;;;;2*1-2;;;;;;/h3*1,3H;1H,(H,2,3);;;;11*1H4;;;4*1H2;2*1H/p+9. The molecule has 0 saturated heterocycles. The highest BCUT2D eigenvalue weighted by Crippen LogP contribution is 1.33. The summed E-state index contributed by atoms with van der Waals surface area (Å²) in [4.78, 5) is 119. The third kappa shape index (κ3) is 10600. The zero-order chi connectivity index (χ0) is 25.1. The summed E-state index contributed by atoms with van der Waals surface area (Å²) in [5, 5.41) is 30.8. The summed E-state index contributed by atoms with van der Waals surface area (Å²) in [6.07, 6.45) is 0.750. The Bertz CT molecular complexity index is 357. The summed E-state index contributed by atoms with van der Waals surface area (Å²) in [6.45, 7) is -0.681. The van der Waals surface area contributed by atoms with E-state index in [1.54, 1.807) is 0 Å². The van der Waals surface area contributed by atoms with Gasteiger partial charge in [-0.1, -0.05) is 81.7 Å². The summed E-state index contributed by atoms with van der Waals surface area (Å²) in [7, 11) is 0. The average molecular weight is 690 g/mol. The normalized spacial score (nSPS) is 2.49. The van der Waals surface area contributed by atoms with Gasteiger partial charge in [-0.15, -0.1) is 0 Å². The van der Waals surface area contributed by atoms with E-state index in [-0.39, 0.29) is 166 Å². The maximum absolute atomic E-state index is 8.70. The van der Waals surface area contributed by atoms with Crippen molar-refractivity contribution in [1.82, 2.24) is 0 Å². The molecule has 0 saturated carbocycles. The molecule has 0 aromatic rings. The molecular weight excluding hydrogens is 616 g/mol. The van der Waals surface area contributed by atoms with Crippen molar-refractivity contribution in [3.05, 3.63) is 19.9 Å². The second-order valence-corrected chi connectivity index (χ2v) is 0.942. The highest BCUT2D eigenvalue weighted by Gasteiger charge is 1.47. The van der Waals surface area contributed by atoms with Crippen molar-refractivity contribution in [2.24, 2.45) is 0 Å². The second-order valence-electron chi connectivity index (χ2n) is 0.942. The van der Waals surface area contributed by atoms with Gasteiger partial charge >= 0.3 is 40.6 Å². The highest BCUT2D eigenvalue weighted by atomic mass is 17.1. The van der Waals surface area contributed by atoms with Gasteiger partial charge in [-0.05, 0) is 0 Å². The van der Waals surface area contributed by atoms with Gasteiger partial charge in [0.1, 0.15) is 0 Å². The maximum Gasteiger partial charge on any atom is 1.00 e. The van der Waals surface area contributed by atoms with Crippen molar-refractivity contribution < 1.29 is 124 Å². The molecule has 0 aliphatic heterocycles. The molecule has 0 amide bonds. The highest BCUT2D eigenvalue weighted by molar-refractivity contribution is 5.35. The Kier molecular flexibility index (Phi) is 12100. The molecule has 25 nitrogen and oxygen atoms in total. The molecule has 0 unspecified atom stereocenters. The molecule has 286 valence electrons. The smallest absolute Gasteiger partial charge is 0.662 e. The van der Waals surface area contributed by atoms with Crippen LogP contribution in [0.5, 0.6) is 0 Å². The molecule has 0 heterocycles. The quantitative estimate of drug-likeness (QED) is 0.224. The van der Waals surface area contributed by atoms with Crippen molar-refractivity contribution >= 4 is 44.3 Å². The third-order valence-electron chi connectivity index (χ3n) is 0.122. The molecule has 0 bridgehead atoms. The van der Waals surface area contributed by atoms with Gasteiger partial charge in [-0.3, -0.25) is 19.2 Å². The largest absolute Gasteiger partial charge is 1.00 e. The molecule has 25 heteroatoms. The van der Waals surface area contributed by atoms with E-state index in [4.69, 9.17) is 88.7 Å². The molecule has 0 fully saturated rings. The van der Waals surface area contributed by atoms with Gasteiger partial charge in [0.05, 0.1) is 0 Å². The maximum atomic E-state index is 8.70. The molecule has 0 aliphatic carbocycles. The lowest BCUT2D eigenvalue weighted by Crippen LogP contribution is -2.00. The minimum Gasteiger partial charge on any atom is -0.662 e. The van der Waals surface area contributed by atoms with E-state index in [2.05, 4.69) is 14.7 Å². The van der Waals surface area contributed by atoms with Crippen LogP contribution in [0, 0.1) is 19.9 Å². The Hall–Kier alpha value is -5.06. The predicted molar refractivity (Wildman–Crippen MR) is 166 cm³/mol. The van der Waals surface area contributed by atoms with Crippen molar-refractivity contribution in [1.29, 1.82) is 0 Å². The fraction of sp³-hybridized carbons (Fsp3) is 0.611. The van der Waals surface area contributed by atoms with Gasteiger partial charge in [0, 0.05) is 22.7 Å². The van der Waals surface area contributed by atoms with Crippen LogP contribution in [0.3, 0.4) is 0 Å². The Morgan fingerprint density at radius 2 is 0.535 bits per heavy atom. The van der Waals surface area contributed by atoms with E-state index >= 15 is 0 Å². The van der Waals surface area contributed by atoms with E-state index in [1.165, 1.54) is 0 Å². The van der Waals surface area contributed by atoms with Crippen LogP contribution in [-0.2, 0) is 62.6 Å². The van der Waals surface area contributed by atoms with Gasteiger partial charge in [0.15, 0.2) is 0 Å². The topological polar surface area (TPSA) is 479 Å². The number of rotatable bonds is 3. The van der Waals surface area contributed by atoms with Crippen LogP contribution in [0.2, 0.25) is 0 Å². The molecule has 0 aromatic carbocycles. The zero-order valence-electron chi connectivity index (χ0n) is 25.5. The Balaban J connectivity index is -0.00000000196. The van der Waals surface area contributed by atoms with Crippen molar-refractivity contribution in [3.63, 3.8) is 0 Å². The minimum atomic E-state index is -0.250. The summed E-state index contributed by atoms with van der Waals surface area (Å²) >= 11 is 0. The van der Waals surface area contributed by atoms with Crippen LogP contribution in [-0.4, -0.2) is 76.6 Å². The summed E-state index contributed by atoms with van der Waals surface area (Å²) in [5.74, 6) is 0. The fourth-order valence-electron chi connectivity index (χ4n) is 0. The molecule has 10 N–H and O–H groups in total. The van der Waals surface area contributed by atoms with Crippen LogP contribution < -0.4 is 10.5 Å². The summed E-state index contributed by atoms with van der Waals surface area (Å²) < 4.78 is 0. The number of hydrogen-bond acceptors (Lipinski definition) is 20. The first-order valence-electron chi connectivity index (χ1n) is 3.98. The van der Waals surface area contributed by atoms with Crippen LogP contribution in [0.4, 0.5) is 0 Å². The number of carbonyl (C=O) groups is 4. The SMILES string of the molecule is C.C.C.C.C.C.C.C.C.C.C.O.O.O.O.O=C=O.O=C=O.O=C=O.O=CO.O=COO.O=CO[O-].O=CO[O-].O=O.O=O.[H+].[H+].[H+].[H+].[H+].[H+].[H+].[H+].[H+].[H+].[H+].[HH].[HH]. The van der Waals surface area contributed by atoms with E-state index < -0.39 is 0 Å². The number of hydrogen-bond donors (Lipinski definition) is 2. The van der Waals surface area contributed by atoms with Gasteiger partial charge < -0.3 is 52.2 Å². The van der Waals surface area contributed by atoms with Crippen LogP contribution in [0.15, 0.2) is 0 Å². The lowest BCUT2D eigenvalue weighted by atomic mass is 11.7. The van der Waals surface area contributed by atoms with Crippen molar-refractivity contribution in [3.8, 4) is 0 Å². The Labute approximate surface area is 271 Å². The van der Waals surface area contributed by atoms with Crippen molar-refractivity contribution in [2.45, 2.75) is 81.7 Å². The Morgan fingerprint density at radius 1 is 0.488 bits per heavy atom. The van der Waals surface area contributed by atoms with E-state index in [0.717, 1.165) is 0 Å².